The highest BCUT2D eigenvalue weighted by Crippen LogP contribution is 2.22. The van der Waals surface area contributed by atoms with E-state index in [0.29, 0.717) is 5.95 Å². The summed E-state index contributed by atoms with van der Waals surface area (Å²) in [5.74, 6) is 0.341. The third kappa shape index (κ3) is 7.56. The van der Waals surface area contributed by atoms with Crippen LogP contribution in [0.2, 0.25) is 0 Å². The summed E-state index contributed by atoms with van der Waals surface area (Å²) < 4.78 is 28.4. The number of ether oxygens (including phenoxy) is 1. The largest absolute Gasteiger partial charge is 0.752 e. The van der Waals surface area contributed by atoms with E-state index in [4.69, 9.17) is 22.4 Å². The molecule has 0 bridgehead atoms. The van der Waals surface area contributed by atoms with E-state index < -0.39 is 9.05 Å². The predicted octanol–water partition coefficient (Wildman–Crippen LogP) is 3.22. The van der Waals surface area contributed by atoms with Crippen LogP contribution in [0.3, 0.4) is 0 Å². The maximum Gasteiger partial charge on any atom is 0.752 e. The Kier molecular flexibility index (Phi) is 8.32. The Hall–Kier alpha value is -0.563. The average Bonchev–Trinajstić information content (AvgIpc) is 2.22. The highest BCUT2D eigenvalue weighted by molar-refractivity contribution is 6.54. The molecule has 0 saturated heterocycles. The van der Waals surface area contributed by atoms with Crippen LogP contribution in [-0.4, -0.2) is 34.5 Å². The Morgan fingerprint density at radius 1 is 0.842 bits per heavy atom. The molecule has 0 aromatic carbocycles. The van der Waals surface area contributed by atoms with Crippen molar-refractivity contribution >= 4 is 9.05 Å². The first kappa shape index (κ1) is 18.4. The number of methoxy groups -OCH3 is 1. The first-order chi connectivity index (χ1) is 8.74. The van der Waals surface area contributed by atoms with E-state index in [9.17, 15) is 0 Å². The van der Waals surface area contributed by atoms with Gasteiger partial charge in [-0.05, 0) is 54.5 Å². The fourth-order valence-corrected chi connectivity index (χ4v) is 3.85. The molecule has 19 heavy (non-hydrogen) atoms. The summed E-state index contributed by atoms with van der Waals surface area (Å²) >= 11 is 0. The maximum absolute atomic E-state index is 5.85. The van der Waals surface area contributed by atoms with Gasteiger partial charge < -0.3 is 22.4 Å². The topological polar surface area (TPSA) is 46.2 Å². The number of rotatable bonds is 9. The van der Waals surface area contributed by atoms with E-state index in [0.717, 1.165) is 0 Å². The number of allylic oxidation sites excluding steroid dienone is 1. The summed E-state index contributed by atoms with van der Waals surface area (Å²) in [6, 6.07) is 0. The molecule has 0 amide bonds. The van der Waals surface area contributed by atoms with Crippen LogP contribution in [0.5, 0.6) is 0 Å². The van der Waals surface area contributed by atoms with Gasteiger partial charge in [0, 0.05) is 18.3 Å². The zero-order chi connectivity index (χ0) is 15.1. The van der Waals surface area contributed by atoms with Gasteiger partial charge in [0.1, 0.15) is 0 Å². The molecule has 0 unspecified atom stereocenters. The van der Waals surface area contributed by atoms with E-state index in [-0.39, 0.29) is 18.3 Å². The van der Waals surface area contributed by atoms with Crippen LogP contribution in [0.1, 0.15) is 48.5 Å². The summed E-state index contributed by atoms with van der Waals surface area (Å²) in [7, 11) is -1.75. The molecule has 5 nitrogen and oxygen atoms in total. The maximum atomic E-state index is 5.85. The zero-order valence-corrected chi connectivity index (χ0v) is 14.4. The van der Waals surface area contributed by atoms with Crippen molar-refractivity contribution in [2.75, 3.05) is 7.11 Å². The van der Waals surface area contributed by atoms with Gasteiger partial charge in [-0.1, -0.05) is 0 Å². The van der Waals surface area contributed by atoms with Crippen LogP contribution >= 0.6 is 0 Å². The van der Waals surface area contributed by atoms with Crippen molar-refractivity contribution in [3.8, 4) is 0 Å². The lowest BCUT2D eigenvalue weighted by Gasteiger charge is -2.32. The second-order valence-corrected chi connectivity index (χ2v) is 6.82. The van der Waals surface area contributed by atoms with Crippen LogP contribution < -0.4 is 0 Å². The van der Waals surface area contributed by atoms with E-state index in [1.54, 1.807) is 6.08 Å². The first-order valence-corrected chi connectivity index (χ1v) is 8.30. The Bertz CT molecular complexity index is 250. The monoisotopic (exact) mass is 292 g/mol. The van der Waals surface area contributed by atoms with E-state index >= 15 is 0 Å². The molecule has 0 fully saturated rings. The highest BCUT2D eigenvalue weighted by atomic mass is 28.4. The lowest BCUT2D eigenvalue weighted by Crippen LogP contribution is -2.53. The van der Waals surface area contributed by atoms with Crippen LogP contribution in [0.15, 0.2) is 12.0 Å². The second kappa shape index (κ2) is 8.58. The van der Waals surface area contributed by atoms with Crippen LogP contribution in [0.25, 0.3) is 0 Å². The Morgan fingerprint density at radius 2 is 1.21 bits per heavy atom. The number of hydrogen-bond acceptors (Lipinski definition) is 5. The quantitative estimate of drug-likeness (QED) is 0.482. The van der Waals surface area contributed by atoms with Gasteiger partial charge in [0.05, 0.1) is 7.11 Å². The van der Waals surface area contributed by atoms with Crippen molar-refractivity contribution in [3.05, 3.63) is 12.0 Å². The predicted molar refractivity (Wildman–Crippen MR) is 76.3 cm³/mol. The minimum absolute atomic E-state index is 0.0703. The summed E-state index contributed by atoms with van der Waals surface area (Å²) in [6.45, 7) is 13.3. The molecule has 0 aromatic rings. The van der Waals surface area contributed by atoms with Crippen LogP contribution in [0.4, 0.5) is 0 Å². The van der Waals surface area contributed by atoms with Gasteiger partial charge in [0.15, 0.2) is 0 Å². The standard InChI is InChI=1S/C13H28O5Si/c1-9-13(14-8)18-19(15-10(2)3,16-11(4)5)17-12(6)7/h9-12H,1-8H3. The minimum atomic E-state index is -3.28. The third-order valence-corrected chi connectivity index (χ3v) is 4.53. The molecule has 0 atom stereocenters. The molecule has 6 heteroatoms. The molecule has 0 aromatic heterocycles. The van der Waals surface area contributed by atoms with E-state index in [1.807, 2.05) is 48.5 Å². The Morgan fingerprint density at radius 3 is 1.42 bits per heavy atom. The van der Waals surface area contributed by atoms with Crippen molar-refractivity contribution in [2.24, 2.45) is 0 Å². The summed E-state index contributed by atoms with van der Waals surface area (Å²) in [4.78, 5) is 0. The fourth-order valence-electron chi connectivity index (χ4n) is 1.36. The minimum Gasteiger partial charge on any atom is -0.470 e. The van der Waals surface area contributed by atoms with E-state index in [2.05, 4.69) is 0 Å². The van der Waals surface area contributed by atoms with Gasteiger partial charge in [0.2, 0.25) is 0 Å². The van der Waals surface area contributed by atoms with Crippen LogP contribution in [-0.2, 0) is 22.4 Å². The smallest absolute Gasteiger partial charge is 0.470 e. The average molecular weight is 292 g/mol. The molecule has 0 aliphatic heterocycles. The van der Waals surface area contributed by atoms with Crippen molar-refractivity contribution in [2.45, 2.75) is 66.8 Å². The second-order valence-electron chi connectivity index (χ2n) is 4.91. The van der Waals surface area contributed by atoms with Crippen molar-refractivity contribution in [1.29, 1.82) is 0 Å². The van der Waals surface area contributed by atoms with Gasteiger partial charge in [0.25, 0.3) is 5.95 Å². The fraction of sp³-hybridized carbons (Fsp3) is 0.846. The molecule has 0 heterocycles. The normalized spacial score (nSPS) is 13.5. The van der Waals surface area contributed by atoms with Gasteiger partial charge in [-0.3, -0.25) is 0 Å². The molecule has 0 saturated carbocycles. The Balaban J connectivity index is 5.20. The van der Waals surface area contributed by atoms with E-state index in [1.165, 1.54) is 7.11 Å². The summed E-state index contributed by atoms with van der Waals surface area (Å²) in [5, 5.41) is 0. The first-order valence-electron chi connectivity index (χ1n) is 6.67. The lowest BCUT2D eigenvalue weighted by molar-refractivity contribution is -0.0794. The third-order valence-electron chi connectivity index (χ3n) is 1.80. The molecule has 0 rings (SSSR count). The SMILES string of the molecule is CC=C(OC)O[Si](OC(C)C)(OC(C)C)OC(C)C. The lowest BCUT2D eigenvalue weighted by atomic mass is 10.5. The molecule has 114 valence electrons. The van der Waals surface area contributed by atoms with Gasteiger partial charge in [-0.15, -0.1) is 0 Å². The molecule has 0 radical (unpaired) electrons. The highest BCUT2D eigenvalue weighted by Gasteiger charge is 2.52. The van der Waals surface area contributed by atoms with Crippen molar-refractivity contribution in [1.82, 2.24) is 0 Å². The molecular weight excluding hydrogens is 264 g/mol. The molecule has 0 N–H and O–H groups in total. The van der Waals surface area contributed by atoms with Crippen molar-refractivity contribution < 1.29 is 22.4 Å². The Labute approximate surface area is 118 Å². The molecule has 0 aliphatic carbocycles. The van der Waals surface area contributed by atoms with Gasteiger partial charge in [-0.2, -0.15) is 0 Å². The zero-order valence-electron chi connectivity index (χ0n) is 13.4. The molecule has 0 aliphatic rings. The molecule has 0 spiro atoms. The summed E-state index contributed by atoms with van der Waals surface area (Å²) in [5.41, 5.74) is 0. The number of hydrogen-bond donors (Lipinski definition) is 0. The molecular formula is C13H28O5Si. The van der Waals surface area contributed by atoms with Gasteiger partial charge in [-0.25, -0.2) is 0 Å². The summed E-state index contributed by atoms with van der Waals surface area (Å²) in [6.07, 6.45) is 1.50. The van der Waals surface area contributed by atoms with Crippen LogP contribution in [0, 0.1) is 0 Å². The van der Waals surface area contributed by atoms with Gasteiger partial charge >= 0.3 is 9.05 Å². The van der Waals surface area contributed by atoms with Crippen molar-refractivity contribution in [3.63, 3.8) is 0 Å².